The van der Waals surface area contributed by atoms with Crippen molar-refractivity contribution in [3.63, 3.8) is 0 Å². The topological polar surface area (TPSA) is 52.2 Å². The Hall–Kier alpha value is -1.63. The Morgan fingerprint density at radius 2 is 2.00 bits per heavy atom. The van der Waals surface area contributed by atoms with E-state index in [1.165, 1.54) is 6.07 Å². The molecule has 2 aromatic rings. The molecule has 3 heterocycles. The first-order valence-corrected chi connectivity index (χ1v) is 9.68. The molecule has 160 valence electrons. The highest BCUT2D eigenvalue weighted by molar-refractivity contribution is 5.85. The summed E-state index contributed by atoms with van der Waals surface area (Å²) in [5, 5.41) is 7.29. The molecule has 2 aliphatic rings. The van der Waals surface area contributed by atoms with E-state index in [4.69, 9.17) is 0 Å². The van der Waals surface area contributed by atoms with Gasteiger partial charge in [0.2, 0.25) is 5.91 Å². The van der Waals surface area contributed by atoms with Crippen LogP contribution in [0.25, 0.3) is 0 Å². The summed E-state index contributed by atoms with van der Waals surface area (Å²) in [7, 11) is 2.10. The lowest BCUT2D eigenvalue weighted by atomic mass is 9.89. The molecule has 0 aliphatic carbocycles. The lowest BCUT2D eigenvalue weighted by molar-refractivity contribution is -0.130. The van der Waals surface area contributed by atoms with Crippen LogP contribution in [0.5, 0.6) is 0 Å². The maximum atomic E-state index is 13.7. The number of carbonyl (C=O) groups is 1. The van der Waals surface area contributed by atoms with Crippen LogP contribution in [-0.4, -0.2) is 52.6 Å². The predicted octanol–water partition coefficient (Wildman–Crippen LogP) is 3.70. The molecule has 1 aromatic carbocycles. The Labute approximate surface area is 183 Å². The summed E-state index contributed by atoms with van der Waals surface area (Å²) in [6.45, 7) is 6.55. The van der Waals surface area contributed by atoms with E-state index in [1.54, 1.807) is 12.1 Å². The quantitative estimate of drug-likeness (QED) is 0.784. The Bertz CT molecular complexity index is 859. The smallest absolute Gasteiger partial charge is 0.222 e. The van der Waals surface area contributed by atoms with E-state index in [1.807, 2.05) is 24.8 Å². The molecular weight excluding hydrogens is 414 g/mol. The number of likely N-dealkylation sites (tertiary alicyclic amines) is 2. The first-order valence-electron chi connectivity index (χ1n) is 9.68. The zero-order chi connectivity index (χ0) is 19.1. The van der Waals surface area contributed by atoms with Crippen molar-refractivity contribution in [3.05, 3.63) is 52.6 Å². The summed E-state index contributed by atoms with van der Waals surface area (Å²) >= 11 is 0. The SMILES string of the molecule is Cc1[nH]nc(CCC(=O)N2C[C@@H]3CN(C)[C@@H](c4cccc(F)c4)[C@@H]3C2)c1C.Cl.Cl. The van der Waals surface area contributed by atoms with Gasteiger partial charge in [0, 0.05) is 50.1 Å². The molecule has 0 spiro atoms. The monoisotopic (exact) mass is 442 g/mol. The van der Waals surface area contributed by atoms with E-state index in [0.29, 0.717) is 24.7 Å². The summed E-state index contributed by atoms with van der Waals surface area (Å²) in [5.74, 6) is 0.835. The van der Waals surface area contributed by atoms with E-state index >= 15 is 0 Å². The minimum atomic E-state index is -0.194. The highest BCUT2D eigenvalue weighted by atomic mass is 35.5. The molecule has 5 nitrogen and oxygen atoms in total. The van der Waals surface area contributed by atoms with Crippen molar-refractivity contribution in [1.82, 2.24) is 20.0 Å². The van der Waals surface area contributed by atoms with E-state index in [9.17, 15) is 9.18 Å². The van der Waals surface area contributed by atoms with Crippen molar-refractivity contribution in [2.45, 2.75) is 32.7 Å². The fourth-order valence-electron chi connectivity index (χ4n) is 4.82. The molecule has 0 unspecified atom stereocenters. The minimum absolute atomic E-state index is 0. The van der Waals surface area contributed by atoms with Gasteiger partial charge in [0.25, 0.3) is 0 Å². The molecule has 4 rings (SSSR count). The molecule has 3 atom stereocenters. The van der Waals surface area contributed by atoms with Crippen LogP contribution in [0.4, 0.5) is 4.39 Å². The van der Waals surface area contributed by atoms with Crippen molar-refractivity contribution in [3.8, 4) is 0 Å². The lowest BCUT2D eigenvalue weighted by Crippen LogP contribution is -2.33. The predicted molar refractivity (Wildman–Crippen MR) is 116 cm³/mol. The zero-order valence-corrected chi connectivity index (χ0v) is 18.7. The first kappa shape index (κ1) is 23.6. The second kappa shape index (κ2) is 9.45. The number of aryl methyl sites for hydroxylation is 2. The Kier molecular flexibility index (Phi) is 7.71. The summed E-state index contributed by atoms with van der Waals surface area (Å²) in [4.78, 5) is 17.1. The molecule has 0 saturated carbocycles. The summed E-state index contributed by atoms with van der Waals surface area (Å²) in [6, 6.07) is 7.08. The largest absolute Gasteiger partial charge is 0.342 e. The molecule has 2 aliphatic heterocycles. The number of carbonyl (C=O) groups excluding carboxylic acids is 1. The number of benzene rings is 1. The van der Waals surface area contributed by atoms with Crippen molar-refractivity contribution < 1.29 is 9.18 Å². The summed E-state index contributed by atoms with van der Waals surface area (Å²) in [5.41, 5.74) is 4.21. The number of hydrogen-bond acceptors (Lipinski definition) is 3. The van der Waals surface area contributed by atoms with Crippen LogP contribution in [0.3, 0.4) is 0 Å². The number of H-pyrrole nitrogens is 1. The van der Waals surface area contributed by atoms with Crippen molar-refractivity contribution in [2.24, 2.45) is 11.8 Å². The minimum Gasteiger partial charge on any atom is -0.342 e. The molecule has 29 heavy (non-hydrogen) atoms. The van der Waals surface area contributed by atoms with Crippen LogP contribution in [-0.2, 0) is 11.2 Å². The molecule has 2 fully saturated rings. The highest BCUT2D eigenvalue weighted by Crippen LogP contribution is 2.44. The van der Waals surface area contributed by atoms with Crippen LogP contribution in [0.15, 0.2) is 24.3 Å². The molecule has 2 saturated heterocycles. The third-order valence-corrected chi connectivity index (χ3v) is 6.37. The van der Waals surface area contributed by atoms with E-state index in [-0.39, 0.29) is 42.6 Å². The molecule has 1 amide bonds. The third kappa shape index (κ3) is 4.60. The number of nitrogens with one attached hydrogen (secondary N) is 1. The summed E-state index contributed by atoms with van der Waals surface area (Å²) < 4.78 is 13.7. The Balaban J connectivity index is 0.00000150. The second-order valence-electron chi connectivity index (χ2n) is 8.08. The summed E-state index contributed by atoms with van der Waals surface area (Å²) in [6.07, 6.45) is 1.17. The van der Waals surface area contributed by atoms with E-state index in [0.717, 1.165) is 42.1 Å². The van der Waals surface area contributed by atoms with Gasteiger partial charge >= 0.3 is 0 Å². The van der Waals surface area contributed by atoms with Gasteiger partial charge in [-0.2, -0.15) is 5.10 Å². The fraction of sp³-hybridized carbons (Fsp3) is 0.524. The lowest BCUT2D eigenvalue weighted by Gasteiger charge is -2.27. The Morgan fingerprint density at radius 1 is 1.24 bits per heavy atom. The number of amides is 1. The van der Waals surface area contributed by atoms with Gasteiger partial charge in [0.1, 0.15) is 5.82 Å². The maximum Gasteiger partial charge on any atom is 0.222 e. The zero-order valence-electron chi connectivity index (χ0n) is 17.0. The average molecular weight is 443 g/mol. The van der Waals surface area contributed by atoms with Crippen LogP contribution in [0.2, 0.25) is 0 Å². The van der Waals surface area contributed by atoms with Crippen molar-refractivity contribution in [2.75, 3.05) is 26.7 Å². The van der Waals surface area contributed by atoms with Crippen LogP contribution in [0, 0.1) is 31.5 Å². The molecule has 1 aromatic heterocycles. The van der Waals surface area contributed by atoms with Crippen molar-refractivity contribution >= 4 is 30.7 Å². The van der Waals surface area contributed by atoms with Gasteiger partial charge in [-0.3, -0.25) is 14.8 Å². The van der Waals surface area contributed by atoms with Gasteiger partial charge in [0.05, 0.1) is 5.69 Å². The molecule has 0 radical (unpaired) electrons. The maximum absolute atomic E-state index is 13.7. The first-order chi connectivity index (χ1) is 12.9. The highest BCUT2D eigenvalue weighted by Gasteiger charge is 2.47. The van der Waals surface area contributed by atoms with Crippen molar-refractivity contribution in [1.29, 1.82) is 0 Å². The van der Waals surface area contributed by atoms with Crippen LogP contribution < -0.4 is 0 Å². The van der Waals surface area contributed by atoms with Gasteiger partial charge in [-0.15, -0.1) is 24.8 Å². The van der Waals surface area contributed by atoms with Gasteiger partial charge in [-0.05, 0) is 50.1 Å². The third-order valence-electron chi connectivity index (χ3n) is 6.37. The number of nitrogens with zero attached hydrogens (tertiary/aromatic N) is 3. The normalized spacial score (nSPS) is 23.4. The number of rotatable bonds is 4. The molecular formula is C21H29Cl2FN4O. The van der Waals surface area contributed by atoms with Gasteiger partial charge in [0.15, 0.2) is 0 Å². The standard InChI is InChI=1S/C21H27FN4O.2ClH/c1-13-14(2)23-24-19(13)7-8-20(27)26-11-16-10-25(3)21(18(16)12-26)15-5-4-6-17(22)9-15;;/h4-6,9,16,18,21H,7-8,10-12H2,1-3H3,(H,23,24);2*1H/t16-,18+,21-;;/m0../s1. The van der Waals surface area contributed by atoms with Gasteiger partial charge < -0.3 is 4.90 Å². The van der Waals surface area contributed by atoms with E-state index in [2.05, 4.69) is 22.1 Å². The van der Waals surface area contributed by atoms with Crippen LogP contribution >= 0.6 is 24.8 Å². The number of fused-ring (bicyclic) bond motifs is 1. The number of aromatic amines is 1. The number of halogens is 3. The van der Waals surface area contributed by atoms with Gasteiger partial charge in [-0.25, -0.2) is 4.39 Å². The average Bonchev–Trinajstić information content (AvgIpc) is 3.26. The molecule has 8 heteroatoms. The van der Waals surface area contributed by atoms with E-state index < -0.39 is 0 Å². The number of hydrogen-bond donors (Lipinski definition) is 1. The number of aromatic nitrogens is 2. The Morgan fingerprint density at radius 3 is 2.66 bits per heavy atom. The van der Waals surface area contributed by atoms with Gasteiger partial charge in [-0.1, -0.05) is 12.1 Å². The second-order valence-corrected chi connectivity index (χ2v) is 8.08. The fourth-order valence-corrected chi connectivity index (χ4v) is 4.82. The van der Waals surface area contributed by atoms with Crippen LogP contribution in [0.1, 0.15) is 35.0 Å². The molecule has 0 bridgehead atoms. The molecule has 1 N–H and O–H groups in total.